The van der Waals surface area contributed by atoms with Crippen LogP contribution < -0.4 is 10.5 Å². The Morgan fingerprint density at radius 1 is 1.25 bits per heavy atom. The molecule has 0 aliphatic rings. The average Bonchev–Trinajstić information content (AvgIpc) is 3.06. The van der Waals surface area contributed by atoms with E-state index in [1.807, 2.05) is 22.9 Å². The van der Waals surface area contributed by atoms with Gasteiger partial charge in [0.2, 0.25) is 10.0 Å². The fourth-order valence-corrected chi connectivity index (χ4v) is 2.91. The molecule has 8 nitrogen and oxygen atoms in total. The maximum absolute atomic E-state index is 11.4. The minimum absolute atomic E-state index is 0.0272. The minimum Gasteiger partial charge on any atom is -0.366 e. The normalized spacial score (nSPS) is 11.4. The van der Waals surface area contributed by atoms with Crippen LogP contribution in [-0.2, 0) is 16.6 Å². The summed E-state index contributed by atoms with van der Waals surface area (Å²) in [6.07, 6.45) is 8.21. The third-order valence-electron chi connectivity index (χ3n) is 3.42. The molecular weight excluding hydrogens is 328 g/mol. The lowest BCUT2D eigenvalue weighted by Gasteiger charge is -2.09. The van der Waals surface area contributed by atoms with Crippen molar-refractivity contribution < 1.29 is 8.42 Å². The fraction of sp³-hybridized carbons (Fsp3) is 0.133. The van der Waals surface area contributed by atoms with Crippen LogP contribution in [0.3, 0.4) is 0 Å². The Balaban J connectivity index is 1.69. The van der Waals surface area contributed by atoms with Crippen molar-refractivity contribution in [3.63, 3.8) is 0 Å². The molecule has 3 aromatic heterocycles. The van der Waals surface area contributed by atoms with Gasteiger partial charge in [-0.1, -0.05) is 6.07 Å². The first-order valence-electron chi connectivity index (χ1n) is 7.10. The molecule has 0 aliphatic carbocycles. The van der Waals surface area contributed by atoms with E-state index < -0.39 is 10.0 Å². The molecule has 9 heteroatoms. The highest BCUT2D eigenvalue weighted by molar-refractivity contribution is 7.89. The largest absolute Gasteiger partial charge is 0.366 e. The molecule has 3 aromatic rings. The predicted octanol–water partition coefficient (Wildman–Crippen LogP) is 1.23. The first-order valence-corrected chi connectivity index (χ1v) is 8.65. The van der Waals surface area contributed by atoms with E-state index in [-0.39, 0.29) is 4.90 Å². The summed E-state index contributed by atoms with van der Waals surface area (Å²) < 4.78 is 24.6. The van der Waals surface area contributed by atoms with Gasteiger partial charge < -0.3 is 5.32 Å². The number of sulfonamides is 1. The Kier molecular flexibility index (Phi) is 4.28. The molecule has 0 unspecified atom stereocenters. The van der Waals surface area contributed by atoms with Crippen LogP contribution >= 0.6 is 0 Å². The van der Waals surface area contributed by atoms with Crippen molar-refractivity contribution in [2.75, 3.05) is 5.32 Å². The molecule has 3 rings (SSSR count). The average molecular weight is 344 g/mol. The van der Waals surface area contributed by atoms with Crippen LogP contribution in [0.15, 0.2) is 54.2 Å². The van der Waals surface area contributed by atoms with Crippen molar-refractivity contribution in [3.05, 3.63) is 60.4 Å². The van der Waals surface area contributed by atoms with Crippen molar-refractivity contribution >= 4 is 15.8 Å². The molecule has 24 heavy (non-hydrogen) atoms. The molecule has 0 fully saturated rings. The van der Waals surface area contributed by atoms with E-state index >= 15 is 0 Å². The number of anilines is 1. The topological polar surface area (TPSA) is 116 Å². The summed E-state index contributed by atoms with van der Waals surface area (Å²) in [5.41, 5.74) is 1.51. The number of aryl methyl sites for hydroxylation is 1. The molecule has 0 spiro atoms. The van der Waals surface area contributed by atoms with Crippen molar-refractivity contribution in [2.45, 2.75) is 18.4 Å². The third kappa shape index (κ3) is 3.58. The lowest BCUT2D eigenvalue weighted by atomic mass is 10.2. The van der Waals surface area contributed by atoms with Crippen molar-refractivity contribution in [2.24, 2.45) is 5.14 Å². The third-order valence-corrected chi connectivity index (χ3v) is 4.46. The van der Waals surface area contributed by atoms with E-state index in [1.54, 1.807) is 31.7 Å². The lowest BCUT2D eigenvalue weighted by molar-refractivity contribution is 0.597. The maximum Gasteiger partial charge on any atom is 0.239 e. The summed E-state index contributed by atoms with van der Waals surface area (Å²) in [5.74, 6) is 1.35. The van der Waals surface area contributed by atoms with Gasteiger partial charge in [0.25, 0.3) is 0 Å². The van der Waals surface area contributed by atoms with Gasteiger partial charge in [-0.25, -0.2) is 28.5 Å². The number of hydrogen-bond acceptors (Lipinski definition) is 6. The highest BCUT2D eigenvalue weighted by atomic mass is 32.2. The van der Waals surface area contributed by atoms with E-state index in [0.717, 1.165) is 11.4 Å². The summed E-state index contributed by atoms with van der Waals surface area (Å²) in [6.45, 7) is 2.19. The molecule has 0 aliphatic heterocycles. The van der Waals surface area contributed by atoms with E-state index in [2.05, 4.69) is 20.3 Å². The molecule has 3 N–H and O–H groups in total. The second-order valence-electron chi connectivity index (χ2n) is 5.23. The Morgan fingerprint density at radius 2 is 2.08 bits per heavy atom. The monoisotopic (exact) mass is 344 g/mol. The van der Waals surface area contributed by atoms with Crippen LogP contribution in [0, 0.1) is 6.92 Å². The van der Waals surface area contributed by atoms with Gasteiger partial charge >= 0.3 is 0 Å². The Labute approximate surface area is 139 Å². The van der Waals surface area contributed by atoms with Crippen molar-refractivity contribution in [1.29, 1.82) is 0 Å². The van der Waals surface area contributed by atoms with E-state index in [1.165, 1.54) is 6.20 Å². The standard InChI is InChI=1S/C15H16N6O2S/c1-11-6-14(19-9-13(11)24(16,22)23)18-7-12-2-3-15(20-8-12)21-5-4-17-10-21/h2-6,8-10H,7H2,1H3,(H,18,19)(H2,16,22,23). The summed E-state index contributed by atoms with van der Waals surface area (Å²) in [4.78, 5) is 12.4. The lowest BCUT2D eigenvalue weighted by Crippen LogP contribution is -2.14. The molecule has 0 saturated carbocycles. The van der Waals surface area contributed by atoms with Crippen molar-refractivity contribution in [1.82, 2.24) is 19.5 Å². The van der Waals surface area contributed by atoms with Gasteiger partial charge in [-0.2, -0.15) is 0 Å². The van der Waals surface area contributed by atoms with Crippen LogP contribution in [0.4, 0.5) is 5.82 Å². The Bertz CT molecular complexity index is 937. The molecule has 3 heterocycles. The highest BCUT2D eigenvalue weighted by Crippen LogP contribution is 2.16. The second-order valence-corrected chi connectivity index (χ2v) is 6.76. The molecule has 0 radical (unpaired) electrons. The van der Waals surface area contributed by atoms with E-state index in [9.17, 15) is 8.42 Å². The number of aromatic nitrogens is 4. The van der Waals surface area contributed by atoms with Gasteiger partial charge in [0.1, 0.15) is 22.9 Å². The van der Waals surface area contributed by atoms with Crippen LogP contribution in [-0.4, -0.2) is 27.9 Å². The smallest absolute Gasteiger partial charge is 0.239 e. The zero-order chi connectivity index (χ0) is 17.2. The molecule has 0 saturated heterocycles. The number of hydrogen-bond donors (Lipinski definition) is 2. The van der Waals surface area contributed by atoms with E-state index in [0.29, 0.717) is 17.9 Å². The summed E-state index contributed by atoms with van der Waals surface area (Å²) in [7, 11) is -3.75. The predicted molar refractivity (Wildman–Crippen MR) is 89.0 cm³/mol. The van der Waals surface area contributed by atoms with Crippen LogP contribution in [0.5, 0.6) is 0 Å². The number of nitrogens with two attached hydrogens (primary N) is 1. The zero-order valence-electron chi connectivity index (χ0n) is 12.9. The first kappa shape index (κ1) is 16.1. The summed E-state index contributed by atoms with van der Waals surface area (Å²) >= 11 is 0. The summed E-state index contributed by atoms with van der Waals surface area (Å²) in [6, 6.07) is 5.48. The van der Waals surface area contributed by atoms with Gasteiger partial charge in [-0.3, -0.25) is 4.57 Å². The van der Waals surface area contributed by atoms with Crippen LogP contribution in [0.1, 0.15) is 11.1 Å². The van der Waals surface area contributed by atoms with Gasteiger partial charge in [0.15, 0.2) is 0 Å². The number of nitrogens with one attached hydrogen (secondary N) is 1. The maximum atomic E-state index is 11.4. The molecular formula is C15H16N6O2S. The quantitative estimate of drug-likeness (QED) is 0.719. The van der Waals surface area contributed by atoms with Gasteiger partial charge in [0.05, 0.1) is 0 Å². The van der Waals surface area contributed by atoms with Gasteiger partial charge in [0, 0.05) is 31.3 Å². The van der Waals surface area contributed by atoms with Crippen molar-refractivity contribution in [3.8, 4) is 5.82 Å². The first-order chi connectivity index (χ1) is 11.4. The molecule has 124 valence electrons. The van der Waals surface area contributed by atoms with Crippen LogP contribution in [0.25, 0.3) is 5.82 Å². The van der Waals surface area contributed by atoms with Crippen LogP contribution in [0.2, 0.25) is 0 Å². The van der Waals surface area contributed by atoms with E-state index in [4.69, 9.17) is 5.14 Å². The SMILES string of the molecule is Cc1cc(NCc2ccc(-n3ccnc3)nc2)ncc1S(N)(=O)=O. The molecule has 0 amide bonds. The minimum atomic E-state index is -3.75. The molecule has 0 bridgehead atoms. The number of imidazole rings is 1. The molecule has 0 atom stereocenters. The highest BCUT2D eigenvalue weighted by Gasteiger charge is 2.12. The Hall–Kier alpha value is -2.78. The number of primary sulfonamides is 1. The fourth-order valence-electron chi connectivity index (χ4n) is 2.20. The molecule has 0 aromatic carbocycles. The van der Waals surface area contributed by atoms with Gasteiger partial charge in [-0.15, -0.1) is 0 Å². The number of pyridine rings is 2. The number of nitrogens with zero attached hydrogens (tertiary/aromatic N) is 4. The van der Waals surface area contributed by atoms with Gasteiger partial charge in [-0.05, 0) is 30.2 Å². The number of rotatable bonds is 5. The zero-order valence-corrected chi connectivity index (χ0v) is 13.7. The second kappa shape index (κ2) is 6.38. The summed E-state index contributed by atoms with van der Waals surface area (Å²) in [5, 5.41) is 8.25. The Morgan fingerprint density at radius 3 is 2.67 bits per heavy atom.